The topological polar surface area (TPSA) is 80.0 Å². The zero-order valence-electron chi connectivity index (χ0n) is 12.7. The standard InChI is InChI=1S/C17H15NO5/c1-18(2)15(20)9-22-10-7-12(19)16-14(8-10)23-13-6-4-3-5-11(13)17(16)21/h3-8,19H,9H2,1-2H3. The first kappa shape index (κ1) is 14.9. The number of carbonyl (C=O) groups excluding carboxylic acids is 1. The van der Waals surface area contributed by atoms with Crippen LogP contribution in [0.15, 0.2) is 45.6 Å². The van der Waals surface area contributed by atoms with E-state index in [2.05, 4.69) is 0 Å². The number of hydrogen-bond donors (Lipinski definition) is 1. The summed E-state index contributed by atoms with van der Waals surface area (Å²) >= 11 is 0. The van der Waals surface area contributed by atoms with Crippen molar-refractivity contribution >= 4 is 27.8 Å². The number of amides is 1. The van der Waals surface area contributed by atoms with Gasteiger partial charge in [-0.1, -0.05) is 12.1 Å². The highest BCUT2D eigenvalue weighted by molar-refractivity contribution is 5.93. The van der Waals surface area contributed by atoms with Crippen LogP contribution in [0.4, 0.5) is 0 Å². The van der Waals surface area contributed by atoms with E-state index in [4.69, 9.17) is 9.15 Å². The second-order valence-corrected chi connectivity index (χ2v) is 5.32. The van der Waals surface area contributed by atoms with Crippen molar-refractivity contribution in [2.45, 2.75) is 0 Å². The molecule has 0 aliphatic rings. The highest BCUT2D eigenvalue weighted by atomic mass is 16.5. The number of benzene rings is 2. The molecule has 6 nitrogen and oxygen atoms in total. The molecular weight excluding hydrogens is 298 g/mol. The third-order valence-corrected chi connectivity index (χ3v) is 3.49. The molecule has 0 aliphatic carbocycles. The van der Waals surface area contributed by atoms with Gasteiger partial charge < -0.3 is 19.2 Å². The molecule has 1 N–H and O–H groups in total. The number of rotatable bonds is 3. The van der Waals surface area contributed by atoms with Gasteiger partial charge in [0.25, 0.3) is 5.91 Å². The molecule has 118 valence electrons. The molecule has 0 aliphatic heterocycles. The number of likely N-dealkylation sites (N-methyl/N-ethyl adjacent to an activating group) is 1. The maximum absolute atomic E-state index is 12.5. The van der Waals surface area contributed by atoms with Crippen LogP contribution in [-0.4, -0.2) is 36.6 Å². The third kappa shape index (κ3) is 2.70. The summed E-state index contributed by atoms with van der Waals surface area (Å²) in [5.41, 5.74) is 0.321. The van der Waals surface area contributed by atoms with Gasteiger partial charge in [-0.25, -0.2) is 0 Å². The van der Waals surface area contributed by atoms with Gasteiger partial charge in [-0.15, -0.1) is 0 Å². The molecule has 0 bridgehead atoms. The van der Waals surface area contributed by atoms with Crippen molar-refractivity contribution in [2.75, 3.05) is 20.7 Å². The molecule has 3 aromatic rings. The highest BCUT2D eigenvalue weighted by Gasteiger charge is 2.14. The van der Waals surface area contributed by atoms with Gasteiger partial charge in [-0.2, -0.15) is 0 Å². The number of ether oxygens (including phenoxy) is 1. The van der Waals surface area contributed by atoms with Gasteiger partial charge in [0.1, 0.15) is 28.1 Å². The third-order valence-electron chi connectivity index (χ3n) is 3.49. The number of carbonyl (C=O) groups is 1. The number of phenols is 1. The molecule has 2 aromatic carbocycles. The van der Waals surface area contributed by atoms with Crippen LogP contribution in [0.1, 0.15) is 0 Å². The Morgan fingerprint density at radius 3 is 2.70 bits per heavy atom. The van der Waals surface area contributed by atoms with Crippen LogP contribution < -0.4 is 10.2 Å². The number of aromatic hydroxyl groups is 1. The largest absolute Gasteiger partial charge is 0.507 e. The Labute approximate surface area is 131 Å². The fourth-order valence-corrected chi connectivity index (χ4v) is 2.24. The zero-order chi connectivity index (χ0) is 16.6. The zero-order valence-corrected chi connectivity index (χ0v) is 12.7. The predicted octanol–water partition coefficient (Wildman–Crippen LogP) is 2.12. The lowest BCUT2D eigenvalue weighted by molar-refractivity contribution is -0.130. The number of fused-ring (bicyclic) bond motifs is 2. The molecule has 0 atom stereocenters. The van der Waals surface area contributed by atoms with E-state index in [0.29, 0.717) is 11.0 Å². The van der Waals surface area contributed by atoms with E-state index in [-0.39, 0.29) is 40.4 Å². The van der Waals surface area contributed by atoms with Crippen LogP contribution in [0.2, 0.25) is 0 Å². The molecule has 0 fully saturated rings. The van der Waals surface area contributed by atoms with Crippen LogP contribution in [0.5, 0.6) is 11.5 Å². The summed E-state index contributed by atoms with van der Waals surface area (Å²) in [6, 6.07) is 9.60. The molecule has 0 radical (unpaired) electrons. The van der Waals surface area contributed by atoms with E-state index < -0.39 is 0 Å². The molecule has 0 saturated carbocycles. The first-order valence-electron chi connectivity index (χ1n) is 6.99. The molecular formula is C17H15NO5. The molecule has 0 spiro atoms. The van der Waals surface area contributed by atoms with Gasteiger partial charge in [0.15, 0.2) is 6.61 Å². The Kier molecular flexibility index (Phi) is 3.65. The minimum absolute atomic E-state index is 0.0926. The summed E-state index contributed by atoms with van der Waals surface area (Å²) in [4.78, 5) is 25.4. The second-order valence-electron chi connectivity index (χ2n) is 5.32. The van der Waals surface area contributed by atoms with Crippen molar-refractivity contribution in [1.82, 2.24) is 4.90 Å². The van der Waals surface area contributed by atoms with Crippen LogP contribution in [0.25, 0.3) is 21.9 Å². The molecule has 0 saturated heterocycles. The highest BCUT2D eigenvalue weighted by Crippen LogP contribution is 2.30. The van der Waals surface area contributed by atoms with Crippen molar-refractivity contribution in [2.24, 2.45) is 0 Å². The lowest BCUT2D eigenvalue weighted by Crippen LogP contribution is -2.27. The van der Waals surface area contributed by atoms with Crippen molar-refractivity contribution in [3.05, 3.63) is 46.6 Å². The quantitative estimate of drug-likeness (QED) is 0.749. The fraction of sp³-hybridized carbons (Fsp3) is 0.176. The molecule has 1 amide bonds. The molecule has 1 aromatic heterocycles. The molecule has 23 heavy (non-hydrogen) atoms. The van der Waals surface area contributed by atoms with Gasteiger partial charge in [-0.3, -0.25) is 9.59 Å². The number of para-hydroxylation sites is 1. The molecule has 1 heterocycles. The minimum Gasteiger partial charge on any atom is -0.507 e. The summed E-state index contributed by atoms with van der Waals surface area (Å²) in [5, 5.41) is 10.6. The summed E-state index contributed by atoms with van der Waals surface area (Å²) in [5.74, 6) is -0.206. The Morgan fingerprint density at radius 1 is 1.22 bits per heavy atom. The Balaban J connectivity index is 2.09. The van der Waals surface area contributed by atoms with E-state index in [9.17, 15) is 14.7 Å². The van der Waals surface area contributed by atoms with Crippen molar-refractivity contribution < 1.29 is 19.1 Å². The van der Waals surface area contributed by atoms with Crippen molar-refractivity contribution in [3.8, 4) is 11.5 Å². The Bertz CT molecular complexity index is 958. The van der Waals surface area contributed by atoms with Crippen LogP contribution in [0.3, 0.4) is 0 Å². The van der Waals surface area contributed by atoms with Gasteiger partial charge in [0.2, 0.25) is 5.43 Å². The average Bonchev–Trinajstić information content (AvgIpc) is 2.52. The van der Waals surface area contributed by atoms with E-state index in [1.165, 1.54) is 17.0 Å². The van der Waals surface area contributed by atoms with Crippen LogP contribution >= 0.6 is 0 Å². The van der Waals surface area contributed by atoms with Crippen molar-refractivity contribution in [3.63, 3.8) is 0 Å². The van der Waals surface area contributed by atoms with Crippen molar-refractivity contribution in [1.29, 1.82) is 0 Å². The number of nitrogens with zero attached hydrogens (tertiary/aromatic N) is 1. The molecule has 0 unspecified atom stereocenters. The number of hydrogen-bond acceptors (Lipinski definition) is 5. The van der Waals surface area contributed by atoms with E-state index in [1.54, 1.807) is 38.4 Å². The molecule has 3 rings (SSSR count). The smallest absolute Gasteiger partial charge is 0.259 e. The van der Waals surface area contributed by atoms with E-state index in [0.717, 1.165) is 0 Å². The minimum atomic E-state index is -0.310. The van der Waals surface area contributed by atoms with E-state index >= 15 is 0 Å². The first-order valence-corrected chi connectivity index (χ1v) is 6.99. The lowest BCUT2D eigenvalue weighted by atomic mass is 10.1. The monoisotopic (exact) mass is 313 g/mol. The SMILES string of the molecule is CN(C)C(=O)COc1cc(O)c2c(=O)c3ccccc3oc2c1. The second kappa shape index (κ2) is 5.64. The average molecular weight is 313 g/mol. The summed E-state index contributed by atoms with van der Waals surface area (Å²) in [6.45, 7) is -0.171. The number of phenolic OH excluding ortho intramolecular Hbond substituents is 1. The van der Waals surface area contributed by atoms with Gasteiger partial charge in [0, 0.05) is 26.2 Å². The maximum Gasteiger partial charge on any atom is 0.259 e. The fourth-order valence-electron chi connectivity index (χ4n) is 2.24. The Hall–Kier alpha value is -3.02. The van der Waals surface area contributed by atoms with Crippen LogP contribution in [0, 0.1) is 0 Å². The lowest BCUT2D eigenvalue weighted by Gasteiger charge is -2.12. The predicted molar refractivity (Wildman–Crippen MR) is 85.8 cm³/mol. The normalized spacial score (nSPS) is 10.9. The van der Waals surface area contributed by atoms with Gasteiger partial charge >= 0.3 is 0 Å². The Morgan fingerprint density at radius 2 is 1.96 bits per heavy atom. The molecule has 6 heteroatoms. The summed E-state index contributed by atoms with van der Waals surface area (Å²) in [6.07, 6.45) is 0. The summed E-state index contributed by atoms with van der Waals surface area (Å²) in [7, 11) is 3.24. The summed E-state index contributed by atoms with van der Waals surface area (Å²) < 4.78 is 11.0. The van der Waals surface area contributed by atoms with Gasteiger partial charge in [0.05, 0.1) is 5.39 Å². The first-order chi connectivity index (χ1) is 11.0. The maximum atomic E-state index is 12.5. The van der Waals surface area contributed by atoms with E-state index in [1.807, 2.05) is 0 Å². The van der Waals surface area contributed by atoms with Gasteiger partial charge in [-0.05, 0) is 12.1 Å². The van der Waals surface area contributed by atoms with Crippen LogP contribution in [-0.2, 0) is 4.79 Å².